The Morgan fingerprint density at radius 2 is 2.00 bits per heavy atom. The summed E-state index contributed by atoms with van der Waals surface area (Å²) in [7, 11) is 0. The van der Waals surface area contributed by atoms with E-state index in [9.17, 15) is 10.1 Å². The van der Waals surface area contributed by atoms with Crippen molar-refractivity contribution in [2.75, 3.05) is 25.0 Å². The zero-order valence-corrected chi connectivity index (χ0v) is 14.1. The lowest BCUT2D eigenvalue weighted by molar-refractivity contribution is -0.142. The molecular formula is C16H23N5O2. The second-order valence-corrected chi connectivity index (χ2v) is 5.98. The fraction of sp³-hybridized carbons (Fsp3) is 0.625. The van der Waals surface area contributed by atoms with Crippen molar-refractivity contribution in [2.24, 2.45) is 0 Å². The van der Waals surface area contributed by atoms with E-state index in [2.05, 4.69) is 21.6 Å². The molecule has 0 bridgehead atoms. The molecule has 1 N–H and O–H groups in total. The molecule has 0 aromatic carbocycles. The highest BCUT2D eigenvalue weighted by molar-refractivity contribution is 5.77. The number of carbonyl (C=O) groups is 1. The Balaban J connectivity index is 1.91. The smallest absolute Gasteiger partial charge is 0.224 e. The fourth-order valence-electron chi connectivity index (χ4n) is 2.70. The summed E-state index contributed by atoms with van der Waals surface area (Å²) in [6.07, 6.45) is 0.469. The summed E-state index contributed by atoms with van der Waals surface area (Å²) in [6, 6.07) is 2.14. The second kappa shape index (κ2) is 7.38. The molecule has 0 spiro atoms. The number of morpholine rings is 1. The number of hydrogen-bond acceptors (Lipinski definition) is 6. The standard InChI is InChI=1S/C16H23N5O2/c1-10-8-21(9-11(2)23-10)15(22)5-6-18-16-14(7-17)12(3)13(4)19-20-16/h10-11H,5-6,8-9H2,1-4H3,(H,18,20)/t10-,11-/m0/s1. The Hall–Kier alpha value is -2.20. The molecule has 7 heteroatoms. The van der Waals surface area contributed by atoms with Crippen molar-refractivity contribution in [1.82, 2.24) is 15.1 Å². The number of hydrogen-bond donors (Lipinski definition) is 1. The van der Waals surface area contributed by atoms with Gasteiger partial charge in [0.25, 0.3) is 0 Å². The van der Waals surface area contributed by atoms with Gasteiger partial charge in [0.1, 0.15) is 11.6 Å². The van der Waals surface area contributed by atoms with Crippen LogP contribution in [0.3, 0.4) is 0 Å². The number of rotatable bonds is 4. The van der Waals surface area contributed by atoms with Gasteiger partial charge in [0, 0.05) is 26.1 Å². The predicted octanol–water partition coefficient (Wildman–Crippen LogP) is 1.40. The first-order valence-electron chi connectivity index (χ1n) is 7.83. The van der Waals surface area contributed by atoms with E-state index in [4.69, 9.17) is 4.74 Å². The van der Waals surface area contributed by atoms with Crippen LogP contribution in [0.5, 0.6) is 0 Å². The van der Waals surface area contributed by atoms with Crippen molar-refractivity contribution in [2.45, 2.75) is 46.3 Å². The number of anilines is 1. The first kappa shape index (κ1) is 17.2. The summed E-state index contributed by atoms with van der Waals surface area (Å²) in [4.78, 5) is 14.1. The summed E-state index contributed by atoms with van der Waals surface area (Å²) in [5.74, 6) is 0.516. The number of carbonyl (C=O) groups excluding carboxylic acids is 1. The van der Waals surface area contributed by atoms with Crippen LogP contribution in [0.2, 0.25) is 0 Å². The van der Waals surface area contributed by atoms with Gasteiger partial charge in [-0.2, -0.15) is 10.4 Å². The molecule has 2 heterocycles. The molecule has 1 amide bonds. The minimum Gasteiger partial charge on any atom is -0.372 e. The Morgan fingerprint density at radius 3 is 2.61 bits per heavy atom. The summed E-state index contributed by atoms with van der Waals surface area (Å²) in [6.45, 7) is 9.26. The van der Waals surface area contributed by atoms with Gasteiger partial charge >= 0.3 is 0 Å². The minimum atomic E-state index is 0.0615. The van der Waals surface area contributed by atoms with Crippen molar-refractivity contribution < 1.29 is 9.53 Å². The molecule has 7 nitrogen and oxygen atoms in total. The molecule has 1 aromatic rings. The van der Waals surface area contributed by atoms with Crippen LogP contribution in [0.1, 0.15) is 37.1 Å². The molecule has 1 fully saturated rings. The Kier molecular flexibility index (Phi) is 5.50. The molecule has 0 radical (unpaired) electrons. The normalized spacial score (nSPS) is 20.9. The van der Waals surface area contributed by atoms with Crippen molar-refractivity contribution in [3.63, 3.8) is 0 Å². The van der Waals surface area contributed by atoms with Crippen LogP contribution in [0.15, 0.2) is 0 Å². The lowest BCUT2D eigenvalue weighted by atomic mass is 10.1. The van der Waals surface area contributed by atoms with Gasteiger partial charge in [-0.3, -0.25) is 4.79 Å². The van der Waals surface area contributed by atoms with Crippen LogP contribution in [-0.2, 0) is 9.53 Å². The number of nitrogens with zero attached hydrogens (tertiary/aromatic N) is 4. The molecule has 1 aliphatic heterocycles. The van der Waals surface area contributed by atoms with Gasteiger partial charge < -0.3 is 15.0 Å². The maximum absolute atomic E-state index is 12.3. The number of amides is 1. The van der Waals surface area contributed by atoms with Crippen LogP contribution >= 0.6 is 0 Å². The molecule has 0 saturated carbocycles. The first-order valence-corrected chi connectivity index (χ1v) is 7.83. The minimum absolute atomic E-state index is 0.0615. The summed E-state index contributed by atoms with van der Waals surface area (Å²) >= 11 is 0. The summed E-state index contributed by atoms with van der Waals surface area (Å²) in [5, 5.41) is 20.3. The predicted molar refractivity (Wildman–Crippen MR) is 85.9 cm³/mol. The highest BCUT2D eigenvalue weighted by atomic mass is 16.5. The van der Waals surface area contributed by atoms with Crippen LogP contribution in [0.25, 0.3) is 0 Å². The lowest BCUT2D eigenvalue weighted by Crippen LogP contribution is -2.48. The van der Waals surface area contributed by atoms with Gasteiger partial charge in [-0.05, 0) is 33.3 Å². The Bertz CT molecular complexity index is 616. The van der Waals surface area contributed by atoms with Crippen molar-refractivity contribution >= 4 is 11.7 Å². The zero-order valence-electron chi connectivity index (χ0n) is 14.1. The van der Waals surface area contributed by atoms with Crippen LogP contribution in [0, 0.1) is 25.2 Å². The van der Waals surface area contributed by atoms with E-state index in [0.717, 1.165) is 11.3 Å². The van der Waals surface area contributed by atoms with Crippen LogP contribution in [0.4, 0.5) is 5.82 Å². The third-order valence-electron chi connectivity index (χ3n) is 3.97. The van der Waals surface area contributed by atoms with Crippen molar-refractivity contribution in [3.05, 3.63) is 16.8 Å². The molecule has 1 aromatic heterocycles. The largest absolute Gasteiger partial charge is 0.372 e. The molecule has 2 rings (SSSR count). The van der Waals surface area contributed by atoms with Gasteiger partial charge in [-0.1, -0.05) is 0 Å². The highest BCUT2D eigenvalue weighted by Crippen LogP contribution is 2.17. The monoisotopic (exact) mass is 317 g/mol. The third kappa shape index (κ3) is 4.17. The van der Waals surface area contributed by atoms with Gasteiger partial charge in [0.05, 0.1) is 17.9 Å². The SMILES string of the molecule is Cc1nnc(NCCC(=O)N2C[C@H](C)O[C@@H](C)C2)c(C#N)c1C. The van der Waals surface area contributed by atoms with Crippen LogP contribution < -0.4 is 5.32 Å². The molecule has 0 unspecified atom stereocenters. The fourth-order valence-corrected chi connectivity index (χ4v) is 2.70. The number of nitrogens with one attached hydrogen (secondary N) is 1. The molecular weight excluding hydrogens is 294 g/mol. The van der Waals surface area contributed by atoms with Gasteiger partial charge in [-0.15, -0.1) is 5.10 Å². The summed E-state index contributed by atoms with van der Waals surface area (Å²) < 4.78 is 5.63. The van der Waals surface area contributed by atoms with E-state index < -0.39 is 0 Å². The highest BCUT2D eigenvalue weighted by Gasteiger charge is 2.25. The van der Waals surface area contributed by atoms with Gasteiger partial charge in [-0.25, -0.2) is 0 Å². The van der Waals surface area contributed by atoms with E-state index in [0.29, 0.717) is 37.4 Å². The Morgan fingerprint density at radius 1 is 1.35 bits per heavy atom. The van der Waals surface area contributed by atoms with E-state index >= 15 is 0 Å². The quantitative estimate of drug-likeness (QED) is 0.902. The molecule has 1 aliphatic rings. The van der Waals surface area contributed by atoms with Gasteiger partial charge in [0.15, 0.2) is 5.82 Å². The number of aryl methyl sites for hydroxylation is 1. The zero-order chi connectivity index (χ0) is 17.0. The molecule has 23 heavy (non-hydrogen) atoms. The second-order valence-electron chi connectivity index (χ2n) is 5.98. The average Bonchev–Trinajstić information content (AvgIpc) is 2.50. The van der Waals surface area contributed by atoms with Crippen LogP contribution in [-0.4, -0.2) is 52.8 Å². The van der Waals surface area contributed by atoms with E-state index in [-0.39, 0.29) is 18.1 Å². The topological polar surface area (TPSA) is 91.1 Å². The van der Waals surface area contributed by atoms with E-state index in [1.54, 1.807) is 0 Å². The number of ether oxygens (including phenoxy) is 1. The first-order chi connectivity index (χ1) is 10.9. The maximum atomic E-state index is 12.3. The molecule has 2 atom stereocenters. The molecule has 1 saturated heterocycles. The van der Waals surface area contributed by atoms with E-state index in [1.165, 1.54) is 0 Å². The van der Waals surface area contributed by atoms with Crippen molar-refractivity contribution in [1.29, 1.82) is 5.26 Å². The average molecular weight is 317 g/mol. The third-order valence-corrected chi connectivity index (χ3v) is 3.97. The van der Waals surface area contributed by atoms with E-state index in [1.807, 2.05) is 32.6 Å². The van der Waals surface area contributed by atoms with Gasteiger partial charge in [0.2, 0.25) is 5.91 Å². The maximum Gasteiger partial charge on any atom is 0.224 e. The number of aromatic nitrogens is 2. The summed E-state index contributed by atoms with van der Waals surface area (Å²) in [5.41, 5.74) is 2.03. The number of nitriles is 1. The molecule has 0 aliphatic carbocycles. The van der Waals surface area contributed by atoms with Crippen molar-refractivity contribution in [3.8, 4) is 6.07 Å². The lowest BCUT2D eigenvalue weighted by Gasteiger charge is -2.35. The molecule has 124 valence electrons. The Labute approximate surface area is 136 Å².